The van der Waals surface area contributed by atoms with Gasteiger partial charge in [0.1, 0.15) is 0 Å². The molecule has 1 fully saturated rings. The molecule has 0 spiro atoms. The summed E-state index contributed by atoms with van der Waals surface area (Å²) in [7, 11) is 3.99. The largest absolute Gasteiger partial charge is 0.340 e. The molecule has 0 saturated carbocycles. The van der Waals surface area contributed by atoms with Crippen LogP contribution in [-0.2, 0) is 4.79 Å². The number of carbonyl (C=O) groups is 1. The fourth-order valence-electron chi connectivity index (χ4n) is 1.52. The van der Waals surface area contributed by atoms with Gasteiger partial charge < -0.3 is 9.80 Å². The van der Waals surface area contributed by atoms with Crippen LogP contribution in [0.5, 0.6) is 0 Å². The van der Waals surface area contributed by atoms with Gasteiger partial charge in [-0.1, -0.05) is 0 Å². The summed E-state index contributed by atoms with van der Waals surface area (Å²) in [5, 5.41) is 8.71. The average molecular weight is 195 g/mol. The molecule has 2 atom stereocenters. The van der Waals surface area contributed by atoms with Gasteiger partial charge in [-0.05, 0) is 21.0 Å². The van der Waals surface area contributed by atoms with Crippen molar-refractivity contribution >= 4 is 5.91 Å². The first-order valence-corrected chi connectivity index (χ1v) is 4.88. The van der Waals surface area contributed by atoms with E-state index >= 15 is 0 Å². The third-order valence-corrected chi connectivity index (χ3v) is 2.76. The van der Waals surface area contributed by atoms with Crippen LogP contribution in [0.1, 0.15) is 13.3 Å². The minimum Gasteiger partial charge on any atom is -0.340 e. The van der Waals surface area contributed by atoms with Crippen LogP contribution < -0.4 is 0 Å². The highest BCUT2D eigenvalue weighted by Gasteiger charge is 2.30. The van der Waals surface area contributed by atoms with Crippen LogP contribution in [0.2, 0.25) is 0 Å². The van der Waals surface area contributed by atoms with Crippen LogP contribution >= 0.6 is 0 Å². The Morgan fingerprint density at radius 3 is 2.79 bits per heavy atom. The number of amides is 1. The molecule has 0 aromatic carbocycles. The summed E-state index contributed by atoms with van der Waals surface area (Å²) in [6.07, 6.45) is 0.399. The molecule has 0 aliphatic carbocycles. The highest BCUT2D eigenvalue weighted by Crippen LogP contribution is 2.17. The summed E-state index contributed by atoms with van der Waals surface area (Å²) in [5.41, 5.74) is 0. The summed E-state index contributed by atoms with van der Waals surface area (Å²) >= 11 is 0. The zero-order chi connectivity index (χ0) is 10.7. The minimum atomic E-state index is -0.100. The van der Waals surface area contributed by atoms with Crippen LogP contribution in [0.3, 0.4) is 0 Å². The number of nitrogens with zero attached hydrogens (tertiary/aromatic N) is 3. The summed E-state index contributed by atoms with van der Waals surface area (Å²) in [5.74, 6) is 0.0158. The monoisotopic (exact) mass is 195 g/mol. The van der Waals surface area contributed by atoms with Crippen LogP contribution in [0.25, 0.3) is 0 Å². The van der Waals surface area contributed by atoms with Gasteiger partial charge in [0.15, 0.2) is 0 Å². The topological polar surface area (TPSA) is 47.3 Å². The molecular weight excluding hydrogens is 178 g/mol. The van der Waals surface area contributed by atoms with Gasteiger partial charge in [0.05, 0.1) is 12.0 Å². The molecule has 78 valence electrons. The van der Waals surface area contributed by atoms with Crippen LogP contribution in [0, 0.1) is 17.2 Å². The first-order valence-electron chi connectivity index (χ1n) is 4.88. The van der Waals surface area contributed by atoms with E-state index < -0.39 is 0 Å². The maximum Gasteiger partial charge on any atom is 0.224 e. The van der Waals surface area contributed by atoms with E-state index in [1.165, 1.54) is 0 Å². The van der Waals surface area contributed by atoms with Gasteiger partial charge in [0, 0.05) is 25.6 Å². The lowest BCUT2D eigenvalue weighted by molar-refractivity contribution is -0.128. The second kappa shape index (κ2) is 4.43. The number of likely N-dealkylation sites (N-methyl/N-ethyl adjacent to an activating group) is 1. The molecule has 0 aromatic heterocycles. The normalized spacial score (nSPS) is 24.1. The fraction of sp³-hybridized carbons (Fsp3) is 0.800. The summed E-state index contributed by atoms with van der Waals surface area (Å²) < 4.78 is 0. The Balaban J connectivity index is 2.47. The van der Waals surface area contributed by atoms with E-state index in [1.807, 2.05) is 14.1 Å². The van der Waals surface area contributed by atoms with E-state index in [0.29, 0.717) is 19.0 Å². The summed E-state index contributed by atoms with van der Waals surface area (Å²) in [6.45, 7) is 3.41. The number of hydrogen-bond donors (Lipinski definition) is 0. The molecule has 4 nitrogen and oxygen atoms in total. The number of nitriles is 1. The highest BCUT2D eigenvalue weighted by molar-refractivity contribution is 5.79. The lowest BCUT2D eigenvalue weighted by Gasteiger charge is -2.25. The lowest BCUT2D eigenvalue weighted by Crippen LogP contribution is -2.39. The maximum atomic E-state index is 11.5. The third kappa shape index (κ3) is 2.46. The average Bonchev–Trinajstić information content (AvgIpc) is 2.47. The highest BCUT2D eigenvalue weighted by atomic mass is 16.2. The van der Waals surface area contributed by atoms with E-state index in [4.69, 9.17) is 5.26 Å². The van der Waals surface area contributed by atoms with Crippen LogP contribution in [0.4, 0.5) is 0 Å². The maximum absolute atomic E-state index is 11.5. The van der Waals surface area contributed by atoms with Crippen molar-refractivity contribution in [3.05, 3.63) is 0 Å². The first kappa shape index (κ1) is 11.0. The quantitative estimate of drug-likeness (QED) is 0.651. The lowest BCUT2D eigenvalue weighted by atomic mass is 10.1. The predicted octanol–water partition coefficient (Wildman–Crippen LogP) is 0.309. The Labute approximate surface area is 85.1 Å². The Bertz CT molecular complexity index is 257. The van der Waals surface area contributed by atoms with Crippen molar-refractivity contribution in [3.63, 3.8) is 0 Å². The molecule has 1 rings (SSSR count). The van der Waals surface area contributed by atoms with Crippen LogP contribution in [-0.4, -0.2) is 48.9 Å². The Hall–Kier alpha value is -1.08. The smallest absolute Gasteiger partial charge is 0.224 e. The molecule has 1 saturated heterocycles. The second-order valence-corrected chi connectivity index (χ2v) is 4.14. The molecule has 1 aliphatic rings. The van der Waals surface area contributed by atoms with Crippen molar-refractivity contribution in [3.8, 4) is 6.07 Å². The predicted molar refractivity (Wildman–Crippen MR) is 53.4 cm³/mol. The third-order valence-electron chi connectivity index (χ3n) is 2.76. The van der Waals surface area contributed by atoms with E-state index in [0.717, 1.165) is 6.54 Å². The second-order valence-electron chi connectivity index (χ2n) is 4.14. The molecule has 1 aliphatic heterocycles. The van der Waals surface area contributed by atoms with Gasteiger partial charge in [0.25, 0.3) is 0 Å². The Morgan fingerprint density at radius 1 is 1.71 bits per heavy atom. The Morgan fingerprint density at radius 2 is 2.36 bits per heavy atom. The zero-order valence-electron chi connectivity index (χ0n) is 9.03. The first-order chi connectivity index (χ1) is 6.54. The molecule has 4 heteroatoms. The number of likely N-dealkylation sites (tertiary alicyclic amines) is 1. The molecule has 1 amide bonds. The van der Waals surface area contributed by atoms with Gasteiger partial charge >= 0.3 is 0 Å². The fourth-order valence-corrected chi connectivity index (χ4v) is 1.52. The van der Waals surface area contributed by atoms with Crippen molar-refractivity contribution in [1.82, 2.24) is 9.80 Å². The molecule has 0 bridgehead atoms. The molecule has 2 unspecified atom stereocenters. The van der Waals surface area contributed by atoms with Crippen molar-refractivity contribution in [2.24, 2.45) is 5.92 Å². The van der Waals surface area contributed by atoms with Gasteiger partial charge in [0.2, 0.25) is 5.91 Å². The van der Waals surface area contributed by atoms with E-state index in [-0.39, 0.29) is 11.8 Å². The zero-order valence-corrected chi connectivity index (χ0v) is 9.03. The van der Waals surface area contributed by atoms with Crippen molar-refractivity contribution in [2.45, 2.75) is 19.4 Å². The number of carbonyl (C=O) groups excluding carboxylic acids is 1. The number of hydrogen-bond acceptors (Lipinski definition) is 3. The molecule has 14 heavy (non-hydrogen) atoms. The molecule has 0 N–H and O–H groups in total. The molecule has 0 aromatic rings. The summed E-state index contributed by atoms with van der Waals surface area (Å²) in [4.78, 5) is 15.3. The van der Waals surface area contributed by atoms with Crippen molar-refractivity contribution in [2.75, 3.05) is 27.2 Å². The van der Waals surface area contributed by atoms with Crippen molar-refractivity contribution < 1.29 is 4.79 Å². The molecular formula is C10H17N3O. The van der Waals surface area contributed by atoms with Gasteiger partial charge in [-0.2, -0.15) is 5.26 Å². The Kier molecular flexibility index (Phi) is 3.48. The van der Waals surface area contributed by atoms with Crippen molar-refractivity contribution in [1.29, 1.82) is 5.26 Å². The van der Waals surface area contributed by atoms with E-state index in [1.54, 1.807) is 4.90 Å². The van der Waals surface area contributed by atoms with E-state index in [9.17, 15) is 4.79 Å². The number of rotatable bonds is 3. The summed E-state index contributed by atoms with van der Waals surface area (Å²) in [6, 6.07) is 2.49. The van der Waals surface area contributed by atoms with E-state index in [2.05, 4.69) is 17.9 Å². The standard InChI is InChI=1S/C10H17N3O/c1-8(12(2)3)6-13-7-9(5-11)4-10(13)14/h8-9H,4,6-7H2,1-3H3. The minimum absolute atomic E-state index is 0.100. The van der Waals surface area contributed by atoms with Crippen LogP contribution in [0.15, 0.2) is 0 Å². The molecule has 0 radical (unpaired) electrons. The van der Waals surface area contributed by atoms with Gasteiger partial charge in [-0.15, -0.1) is 0 Å². The van der Waals surface area contributed by atoms with Gasteiger partial charge in [-0.3, -0.25) is 4.79 Å². The molecule has 1 heterocycles. The SMILES string of the molecule is CC(CN1CC(C#N)CC1=O)N(C)C. The van der Waals surface area contributed by atoms with Gasteiger partial charge in [-0.25, -0.2) is 0 Å².